The zero-order chi connectivity index (χ0) is 9.72. The maximum absolute atomic E-state index is 5.53. The molecule has 0 unspecified atom stereocenters. The molecule has 0 bridgehead atoms. The quantitative estimate of drug-likeness (QED) is 0.380. The Morgan fingerprint density at radius 3 is 2.08 bits per heavy atom. The van der Waals surface area contributed by atoms with Gasteiger partial charge in [-0.05, 0) is 12.8 Å². The number of hydrogen-bond donors (Lipinski definition) is 1. The molecule has 0 spiro atoms. The van der Waals surface area contributed by atoms with Gasteiger partial charge < -0.3 is 10.6 Å². The van der Waals surface area contributed by atoms with Crippen LogP contribution in [0.5, 0.6) is 0 Å². The summed E-state index contributed by atoms with van der Waals surface area (Å²) in [6, 6.07) is 0. The number of hydrogen-bond acceptors (Lipinski definition) is 2. The Morgan fingerprint density at radius 1 is 1.25 bits per heavy atom. The Hall–Kier alpha value is -1.06. The summed E-state index contributed by atoms with van der Waals surface area (Å²) in [5, 5.41) is 7.84. The van der Waals surface area contributed by atoms with Crippen molar-refractivity contribution >= 4 is 11.7 Å². The van der Waals surface area contributed by atoms with E-state index < -0.39 is 0 Å². The Balaban J connectivity index is 4.27. The van der Waals surface area contributed by atoms with E-state index in [2.05, 4.69) is 24.1 Å². The lowest BCUT2D eigenvalue weighted by Crippen LogP contribution is -2.29. The van der Waals surface area contributed by atoms with Crippen molar-refractivity contribution in [3.63, 3.8) is 0 Å². The fourth-order valence-electron chi connectivity index (χ4n) is 0.335. The van der Waals surface area contributed by atoms with Gasteiger partial charge in [0.2, 0.25) is 5.96 Å². The largest absolute Gasteiger partial charge is 0.368 e. The smallest absolute Gasteiger partial charge is 0.215 e. The predicted octanol–water partition coefficient (Wildman–Crippen LogP) is 0.895. The van der Waals surface area contributed by atoms with Crippen LogP contribution in [0.3, 0.4) is 0 Å². The topological polar surface area (TPSA) is 54.0 Å². The minimum absolute atomic E-state index is 0.420. The minimum Gasteiger partial charge on any atom is -0.368 e. The summed E-state index contributed by atoms with van der Waals surface area (Å²) >= 11 is 0. The highest BCUT2D eigenvalue weighted by Crippen LogP contribution is 1.96. The van der Waals surface area contributed by atoms with E-state index in [1.54, 1.807) is 4.90 Å². The van der Waals surface area contributed by atoms with Gasteiger partial charge in [0.1, 0.15) is 0 Å². The molecule has 0 aliphatic heterocycles. The molecule has 0 rings (SSSR count). The monoisotopic (exact) mass is 170 g/mol. The molecule has 0 fully saturated rings. The minimum atomic E-state index is 0.420. The number of nitrogens with zero attached hydrogens (tertiary/aromatic N) is 3. The first-order chi connectivity index (χ1) is 5.45. The van der Waals surface area contributed by atoms with E-state index in [0.717, 1.165) is 5.71 Å². The van der Waals surface area contributed by atoms with E-state index in [4.69, 9.17) is 5.73 Å². The van der Waals surface area contributed by atoms with E-state index in [-0.39, 0.29) is 0 Å². The van der Waals surface area contributed by atoms with Gasteiger partial charge in [-0.15, -0.1) is 5.10 Å². The van der Waals surface area contributed by atoms with Crippen LogP contribution in [0.15, 0.2) is 10.2 Å². The normalized spacial score (nSPS) is 13.8. The van der Waals surface area contributed by atoms with Crippen LogP contribution in [0.1, 0.15) is 20.8 Å². The Labute approximate surface area is 74.2 Å². The van der Waals surface area contributed by atoms with Crippen LogP contribution >= 0.6 is 0 Å². The van der Waals surface area contributed by atoms with Gasteiger partial charge >= 0.3 is 0 Å². The highest BCUT2D eigenvalue weighted by atomic mass is 15.3. The molecule has 0 radical (unpaired) electrons. The zero-order valence-electron chi connectivity index (χ0n) is 8.50. The van der Waals surface area contributed by atoms with Crippen molar-refractivity contribution in [2.45, 2.75) is 20.8 Å². The maximum atomic E-state index is 5.53. The molecule has 0 aliphatic rings. The summed E-state index contributed by atoms with van der Waals surface area (Å²) < 4.78 is 0. The lowest BCUT2D eigenvalue weighted by atomic mass is 10.1. The highest BCUT2D eigenvalue weighted by molar-refractivity contribution is 5.85. The van der Waals surface area contributed by atoms with E-state index >= 15 is 0 Å². The summed E-state index contributed by atoms with van der Waals surface area (Å²) in [6.07, 6.45) is 0. The van der Waals surface area contributed by atoms with Gasteiger partial charge in [-0.2, -0.15) is 5.10 Å². The van der Waals surface area contributed by atoms with Crippen LogP contribution in [0.4, 0.5) is 0 Å². The second-order valence-corrected chi connectivity index (χ2v) is 3.25. The number of guanidine groups is 1. The van der Waals surface area contributed by atoms with Crippen molar-refractivity contribution in [1.82, 2.24) is 4.90 Å². The molecule has 0 amide bonds. The second-order valence-electron chi connectivity index (χ2n) is 3.25. The third-order valence-electron chi connectivity index (χ3n) is 1.60. The number of rotatable bonds is 2. The van der Waals surface area contributed by atoms with Gasteiger partial charge in [0.15, 0.2) is 0 Å². The van der Waals surface area contributed by atoms with E-state index in [0.29, 0.717) is 11.9 Å². The standard InChI is InChI=1S/C8H18N4/c1-6(2)7(3)10-11-8(9)12(4)5/h6H,1-5H3,(H2,9,11)/b10-7-. The summed E-state index contributed by atoms with van der Waals surface area (Å²) in [5.74, 6) is 0.846. The molecular formula is C8H18N4. The molecule has 2 N–H and O–H groups in total. The maximum Gasteiger partial charge on any atom is 0.215 e. The van der Waals surface area contributed by atoms with Crippen LogP contribution in [0.25, 0.3) is 0 Å². The zero-order valence-corrected chi connectivity index (χ0v) is 8.50. The molecule has 0 saturated carbocycles. The third kappa shape index (κ3) is 3.95. The summed E-state index contributed by atoms with van der Waals surface area (Å²) in [5.41, 5.74) is 6.52. The first-order valence-corrected chi connectivity index (χ1v) is 4.00. The first-order valence-electron chi connectivity index (χ1n) is 4.00. The summed E-state index contributed by atoms with van der Waals surface area (Å²) in [7, 11) is 3.66. The Bertz CT molecular complexity index is 169. The Kier molecular flexibility index (Phi) is 4.33. The highest BCUT2D eigenvalue weighted by Gasteiger charge is 1.97. The van der Waals surface area contributed by atoms with Gasteiger partial charge in [-0.25, -0.2) is 0 Å². The first kappa shape index (κ1) is 10.9. The Morgan fingerprint density at radius 2 is 1.75 bits per heavy atom. The second kappa shape index (κ2) is 4.74. The van der Waals surface area contributed by atoms with Crippen LogP contribution in [0.2, 0.25) is 0 Å². The molecule has 0 heterocycles. The molecule has 12 heavy (non-hydrogen) atoms. The van der Waals surface area contributed by atoms with Crippen molar-refractivity contribution < 1.29 is 0 Å². The van der Waals surface area contributed by atoms with Gasteiger partial charge in [0.05, 0.1) is 0 Å². The van der Waals surface area contributed by atoms with Crippen LogP contribution in [-0.4, -0.2) is 30.7 Å². The van der Waals surface area contributed by atoms with Gasteiger partial charge in [-0.1, -0.05) is 13.8 Å². The molecular weight excluding hydrogens is 152 g/mol. The molecule has 0 atom stereocenters. The van der Waals surface area contributed by atoms with Gasteiger partial charge in [-0.3, -0.25) is 0 Å². The molecule has 0 aromatic rings. The van der Waals surface area contributed by atoms with E-state index in [1.807, 2.05) is 21.0 Å². The van der Waals surface area contributed by atoms with Crippen LogP contribution in [-0.2, 0) is 0 Å². The molecule has 0 aromatic carbocycles. The average molecular weight is 170 g/mol. The van der Waals surface area contributed by atoms with E-state index in [1.165, 1.54) is 0 Å². The van der Waals surface area contributed by atoms with Crippen LogP contribution in [0, 0.1) is 5.92 Å². The molecule has 0 saturated heterocycles. The predicted molar refractivity (Wildman–Crippen MR) is 53.3 cm³/mol. The molecule has 0 aromatic heterocycles. The molecule has 4 heteroatoms. The molecule has 4 nitrogen and oxygen atoms in total. The molecule has 0 aliphatic carbocycles. The fraction of sp³-hybridized carbons (Fsp3) is 0.750. The SMILES string of the molecule is C/C(=N/N=C(\N)N(C)C)C(C)C. The van der Waals surface area contributed by atoms with E-state index in [9.17, 15) is 0 Å². The lowest BCUT2D eigenvalue weighted by molar-refractivity contribution is 0.610. The molecule has 70 valence electrons. The van der Waals surface area contributed by atoms with Crippen molar-refractivity contribution in [1.29, 1.82) is 0 Å². The van der Waals surface area contributed by atoms with Crippen LogP contribution < -0.4 is 5.73 Å². The van der Waals surface area contributed by atoms with Gasteiger partial charge in [0.25, 0.3) is 0 Å². The van der Waals surface area contributed by atoms with Crippen molar-refractivity contribution in [3.05, 3.63) is 0 Å². The number of nitrogens with two attached hydrogens (primary N) is 1. The van der Waals surface area contributed by atoms with Crippen molar-refractivity contribution in [2.24, 2.45) is 21.9 Å². The lowest BCUT2D eigenvalue weighted by Gasteiger charge is -2.08. The summed E-state index contributed by atoms with van der Waals surface area (Å²) in [6.45, 7) is 6.08. The summed E-state index contributed by atoms with van der Waals surface area (Å²) in [4.78, 5) is 1.72. The fourth-order valence-corrected chi connectivity index (χ4v) is 0.335. The van der Waals surface area contributed by atoms with Crippen molar-refractivity contribution in [3.8, 4) is 0 Å². The third-order valence-corrected chi connectivity index (χ3v) is 1.60. The average Bonchev–Trinajstić information content (AvgIpc) is 1.98. The van der Waals surface area contributed by atoms with Gasteiger partial charge in [0, 0.05) is 19.8 Å². The van der Waals surface area contributed by atoms with Crippen molar-refractivity contribution in [2.75, 3.05) is 14.1 Å².